The van der Waals surface area contributed by atoms with Crippen LogP contribution >= 0.6 is 11.3 Å². The summed E-state index contributed by atoms with van der Waals surface area (Å²) in [6.07, 6.45) is 1.92. The average molecular weight is 367 g/mol. The van der Waals surface area contributed by atoms with Crippen LogP contribution in [0.4, 0.5) is 0 Å². The molecule has 0 unspecified atom stereocenters. The van der Waals surface area contributed by atoms with Crippen molar-refractivity contribution in [2.75, 3.05) is 13.1 Å². The lowest BCUT2D eigenvalue weighted by Gasteiger charge is -2.35. The molecule has 6 heteroatoms. The molecule has 3 heterocycles. The first-order chi connectivity index (χ1) is 12.6. The standard InChI is InChI=1S/C20H21N3O2S/c1-14-11-22(12-15(2)25-14)20(24)17-13-23(16-7-4-3-5-8-16)21-19(17)18-9-6-10-26-18/h3-10,13-15H,11-12H2,1-2H3/t14-,15-/m1/s1. The number of thiophene rings is 1. The molecule has 2 atom stereocenters. The second kappa shape index (κ2) is 7.05. The third-order valence-electron chi connectivity index (χ3n) is 4.43. The first-order valence-corrected chi connectivity index (χ1v) is 9.63. The number of aromatic nitrogens is 2. The summed E-state index contributed by atoms with van der Waals surface area (Å²) in [6.45, 7) is 5.21. The molecule has 0 spiro atoms. The lowest BCUT2D eigenvalue weighted by molar-refractivity contribution is -0.0586. The molecule has 1 aliphatic heterocycles. The van der Waals surface area contributed by atoms with Gasteiger partial charge in [-0.2, -0.15) is 5.10 Å². The van der Waals surface area contributed by atoms with Gasteiger partial charge in [-0.15, -0.1) is 11.3 Å². The Labute approximate surface area is 156 Å². The Morgan fingerprint density at radius 2 is 1.85 bits per heavy atom. The summed E-state index contributed by atoms with van der Waals surface area (Å²) >= 11 is 1.59. The van der Waals surface area contributed by atoms with Crippen molar-refractivity contribution in [3.05, 3.63) is 59.6 Å². The lowest BCUT2D eigenvalue weighted by atomic mass is 10.1. The summed E-state index contributed by atoms with van der Waals surface area (Å²) in [6, 6.07) is 13.9. The van der Waals surface area contributed by atoms with Gasteiger partial charge in [0, 0.05) is 19.3 Å². The number of hydrogen-bond donors (Lipinski definition) is 0. The fraction of sp³-hybridized carbons (Fsp3) is 0.300. The number of ether oxygens (including phenoxy) is 1. The zero-order valence-electron chi connectivity index (χ0n) is 14.8. The van der Waals surface area contributed by atoms with Gasteiger partial charge >= 0.3 is 0 Å². The number of rotatable bonds is 3. The van der Waals surface area contributed by atoms with Crippen molar-refractivity contribution in [2.45, 2.75) is 26.1 Å². The Balaban J connectivity index is 1.74. The van der Waals surface area contributed by atoms with Crippen LogP contribution in [-0.2, 0) is 4.74 Å². The fourth-order valence-corrected chi connectivity index (χ4v) is 4.08. The Hall–Kier alpha value is -2.44. The summed E-state index contributed by atoms with van der Waals surface area (Å²) in [5.74, 6) is 0.0116. The van der Waals surface area contributed by atoms with Gasteiger partial charge < -0.3 is 9.64 Å². The van der Waals surface area contributed by atoms with Gasteiger partial charge in [0.2, 0.25) is 0 Å². The third-order valence-corrected chi connectivity index (χ3v) is 5.30. The van der Waals surface area contributed by atoms with Crippen molar-refractivity contribution < 1.29 is 9.53 Å². The summed E-state index contributed by atoms with van der Waals surface area (Å²) in [5, 5.41) is 6.73. The number of benzene rings is 1. The second-order valence-corrected chi connectivity index (χ2v) is 7.56. The predicted molar refractivity (Wildman–Crippen MR) is 103 cm³/mol. The molecule has 0 N–H and O–H groups in total. The Morgan fingerprint density at radius 3 is 2.50 bits per heavy atom. The Morgan fingerprint density at radius 1 is 1.12 bits per heavy atom. The maximum absolute atomic E-state index is 13.3. The molecule has 0 radical (unpaired) electrons. The van der Waals surface area contributed by atoms with E-state index in [2.05, 4.69) is 0 Å². The summed E-state index contributed by atoms with van der Waals surface area (Å²) in [4.78, 5) is 16.1. The zero-order valence-corrected chi connectivity index (χ0v) is 15.6. The average Bonchev–Trinajstić information content (AvgIpc) is 3.30. The quantitative estimate of drug-likeness (QED) is 0.706. The van der Waals surface area contributed by atoms with E-state index in [1.807, 2.05) is 72.8 Å². The van der Waals surface area contributed by atoms with E-state index in [9.17, 15) is 4.79 Å². The molecule has 0 bridgehead atoms. The van der Waals surface area contributed by atoms with E-state index in [4.69, 9.17) is 9.84 Å². The molecule has 1 saturated heterocycles. The van der Waals surface area contributed by atoms with Crippen molar-refractivity contribution in [3.8, 4) is 16.3 Å². The normalized spacial score (nSPS) is 20.3. The van der Waals surface area contributed by atoms with Crippen LogP contribution in [0.25, 0.3) is 16.3 Å². The highest BCUT2D eigenvalue weighted by Crippen LogP contribution is 2.29. The van der Waals surface area contributed by atoms with Crippen LogP contribution < -0.4 is 0 Å². The number of para-hydroxylation sites is 1. The number of hydrogen-bond acceptors (Lipinski definition) is 4. The van der Waals surface area contributed by atoms with E-state index in [1.165, 1.54) is 0 Å². The minimum Gasteiger partial charge on any atom is -0.372 e. The highest BCUT2D eigenvalue weighted by molar-refractivity contribution is 7.13. The highest BCUT2D eigenvalue weighted by Gasteiger charge is 2.29. The van der Waals surface area contributed by atoms with Crippen LogP contribution in [0, 0.1) is 0 Å². The van der Waals surface area contributed by atoms with Gasteiger partial charge in [-0.05, 0) is 37.4 Å². The van der Waals surface area contributed by atoms with Gasteiger partial charge in [-0.3, -0.25) is 4.79 Å². The Kier molecular flexibility index (Phi) is 4.61. The van der Waals surface area contributed by atoms with Gasteiger partial charge in [-0.25, -0.2) is 4.68 Å². The van der Waals surface area contributed by atoms with Crippen LogP contribution in [0.5, 0.6) is 0 Å². The van der Waals surface area contributed by atoms with Crippen LogP contribution in [0.2, 0.25) is 0 Å². The molecule has 4 rings (SSSR count). The SMILES string of the molecule is C[C@@H]1CN(C(=O)c2cn(-c3ccccc3)nc2-c2cccs2)C[C@@H](C)O1. The molecule has 134 valence electrons. The molecule has 2 aromatic heterocycles. The van der Waals surface area contributed by atoms with Crippen molar-refractivity contribution in [3.63, 3.8) is 0 Å². The molecule has 0 saturated carbocycles. The molecule has 26 heavy (non-hydrogen) atoms. The number of amides is 1. The Bertz CT molecular complexity index is 879. The van der Waals surface area contributed by atoms with Crippen LogP contribution in [0.15, 0.2) is 54.0 Å². The minimum atomic E-state index is 0.0116. The molecule has 1 aliphatic rings. The minimum absolute atomic E-state index is 0.0116. The van der Waals surface area contributed by atoms with Crippen LogP contribution in [0.3, 0.4) is 0 Å². The second-order valence-electron chi connectivity index (χ2n) is 6.62. The fourth-order valence-electron chi connectivity index (χ4n) is 3.35. The van der Waals surface area contributed by atoms with Crippen LogP contribution in [0.1, 0.15) is 24.2 Å². The van der Waals surface area contributed by atoms with Gasteiger partial charge in [0.25, 0.3) is 5.91 Å². The van der Waals surface area contributed by atoms with Crippen molar-refractivity contribution in [2.24, 2.45) is 0 Å². The maximum atomic E-state index is 13.3. The van der Waals surface area contributed by atoms with Gasteiger partial charge in [0.05, 0.1) is 28.3 Å². The number of nitrogens with zero attached hydrogens (tertiary/aromatic N) is 3. The van der Waals surface area contributed by atoms with Crippen molar-refractivity contribution >= 4 is 17.2 Å². The van der Waals surface area contributed by atoms with Crippen LogP contribution in [-0.4, -0.2) is 45.9 Å². The largest absolute Gasteiger partial charge is 0.372 e. The number of carbonyl (C=O) groups is 1. The van der Waals surface area contributed by atoms with Gasteiger partial charge in [0.15, 0.2) is 0 Å². The molecule has 3 aromatic rings. The number of carbonyl (C=O) groups excluding carboxylic acids is 1. The summed E-state index contributed by atoms with van der Waals surface area (Å²) in [5.41, 5.74) is 2.31. The third kappa shape index (κ3) is 3.30. The lowest BCUT2D eigenvalue weighted by Crippen LogP contribution is -2.48. The smallest absolute Gasteiger partial charge is 0.257 e. The molecule has 1 fully saturated rings. The highest BCUT2D eigenvalue weighted by atomic mass is 32.1. The van der Waals surface area contributed by atoms with E-state index >= 15 is 0 Å². The molecular formula is C20H21N3O2S. The topological polar surface area (TPSA) is 47.4 Å². The summed E-state index contributed by atoms with van der Waals surface area (Å²) in [7, 11) is 0. The van der Waals surface area contributed by atoms with Gasteiger partial charge in [-0.1, -0.05) is 24.3 Å². The molecule has 1 aromatic carbocycles. The zero-order chi connectivity index (χ0) is 18.1. The van der Waals surface area contributed by atoms with E-state index in [-0.39, 0.29) is 18.1 Å². The van der Waals surface area contributed by atoms with Crippen molar-refractivity contribution in [1.29, 1.82) is 0 Å². The van der Waals surface area contributed by atoms with E-state index in [0.717, 1.165) is 16.3 Å². The van der Waals surface area contributed by atoms with Gasteiger partial charge in [0.1, 0.15) is 5.69 Å². The summed E-state index contributed by atoms with van der Waals surface area (Å²) < 4.78 is 7.55. The number of morpholine rings is 1. The van der Waals surface area contributed by atoms with Crippen molar-refractivity contribution in [1.82, 2.24) is 14.7 Å². The maximum Gasteiger partial charge on any atom is 0.257 e. The molecule has 0 aliphatic carbocycles. The molecule has 5 nitrogen and oxygen atoms in total. The predicted octanol–water partition coefficient (Wildman–Crippen LogP) is 3.85. The molecular weight excluding hydrogens is 346 g/mol. The van der Waals surface area contributed by atoms with E-state index in [0.29, 0.717) is 18.7 Å². The monoisotopic (exact) mass is 367 g/mol. The molecule has 1 amide bonds. The van der Waals surface area contributed by atoms with E-state index in [1.54, 1.807) is 16.0 Å². The first-order valence-electron chi connectivity index (χ1n) is 8.75. The first kappa shape index (κ1) is 17.0. The van der Waals surface area contributed by atoms with E-state index < -0.39 is 0 Å².